The van der Waals surface area contributed by atoms with Crippen molar-refractivity contribution < 1.29 is 19.4 Å². The number of nitrogens with one attached hydrogen (secondary N) is 1. The van der Waals surface area contributed by atoms with Crippen molar-refractivity contribution in [3.63, 3.8) is 0 Å². The molecule has 1 aliphatic rings. The van der Waals surface area contributed by atoms with Gasteiger partial charge in [0.05, 0.1) is 19.3 Å². The Kier molecular flexibility index (Phi) is 7.96. The van der Waals surface area contributed by atoms with Crippen LogP contribution in [-0.2, 0) is 21.4 Å². The molecule has 3 rings (SSSR count). The lowest BCUT2D eigenvalue weighted by Crippen LogP contribution is -2.38. The third kappa shape index (κ3) is 5.51. The van der Waals surface area contributed by atoms with E-state index in [0.717, 1.165) is 24.3 Å². The molecule has 1 aliphatic heterocycles. The van der Waals surface area contributed by atoms with E-state index in [2.05, 4.69) is 50.4 Å². The van der Waals surface area contributed by atoms with Crippen molar-refractivity contribution in [1.82, 2.24) is 0 Å². The van der Waals surface area contributed by atoms with Gasteiger partial charge in [0.15, 0.2) is 0 Å². The number of amides is 1. The van der Waals surface area contributed by atoms with Crippen LogP contribution in [0.3, 0.4) is 0 Å². The van der Waals surface area contributed by atoms with E-state index < -0.39 is 0 Å². The maximum Gasteiger partial charge on any atom is 0.221 e. The van der Waals surface area contributed by atoms with E-state index in [0.29, 0.717) is 18.3 Å². The molecule has 1 amide bonds. The number of benzene rings is 2. The third-order valence-corrected chi connectivity index (χ3v) is 6.98. The number of methoxy groups -OCH3 is 1. The van der Waals surface area contributed by atoms with Gasteiger partial charge in [-0.05, 0) is 71.9 Å². The van der Waals surface area contributed by atoms with E-state index >= 15 is 0 Å². The summed E-state index contributed by atoms with van der Waals surface area (Å²) in [5, 5.41) is 12.5. The number of rotatable bonds is 9. The number of carbonyl (C=O) groups is 1. The molecule has 174 valence electrons. The highest BCUT2D eigenvalue weighted by Gasteiger charge is 2.48. The zero-order valence-electron chi connectivity index (χ0n) is 19.9. The fraction of sp³-hybridized carbons (Fsp3) is 0.519. The molecule has 1 saturated heterocycles. The van der Waals surface area contributed by atoms with Crippen LogP contribution in [0.25, 0.3) is 0 Å². The first-order valence-corrected chi connectivity index (χ1v) is 11.5. The van der Waals surface area contributed by atoms with E-state index in [4.69, 9.17) is 9.47 Å². The fourth-order valence-corrected chi connectivity index (χ4v) is 5.31. The van der Waals surface area contributed by atoms with Gasteiger partial charge in [0.25, 0.3) is 0 Å². The van der Waals surface area contributed by atoms with Gasteiger partial charge in [-0.2, -0.15) is 0 Å². The maximum absolute atomic E-state index is 11.2. The second-order valence-electron chi connectivity index (χ2n) is 9.48. The Morgan fingerprint density at radius 3 is 2.28 bits per heavy atom. The van der Waals surface area contributed by atoms with Crippen LogP contribution in [0.4, 0.5) is 5.69 Å². The van der Waals surface area contributed by atoms with Gasteiger partial charge in [-0.15, -0.1) is 0 Å². The zero-order chi connectivity index (χ0) is 23.3. The Morgan fingerprint density at radius 1 is 1.06 bits per heavy atom. The standard InChI is InChI=1S/C27H37NO4/c1-18-24(15-8-20-6-11-22(12-7-20)28-19(2)30)32-25(16-17-29)26(18)27(3,4)21-9-13-23(31-5)14-10-21/h6-7,9-14,18,24-26,29H,8,15-17H2,1-5H3,(H,28,30)/t18-,24+,25-,26+/m1/s1. The number of hydrogen-bond donors (Lipinski definition) is 2. The molecule has 2 aromatic rings. The number of hydrogen-bond acceptors (Lipinski definition) is 4. The number of ether oxygens (including phenoxy) is 2. The molecule has 4 atom stereocenters. The van der Waals surface area contributed by atoms with Crippen LogP contribution in [-0.4, -0.2) is 36.9 Å². The molecule has 32 heavy (non-hydrogen) atoms. The summed E-state index contributed by atoms with van der Waals surface area (Å²) in [6.45, 7) is 8.50. The minimum absolute atomic E-state index is 0.0271. The SMILES string of the molecule is COc1ccc(C(C)(C)[C@H]2[C@H](C)[C@H](CCc3ccc(NC(C)=O)cc3)O[C@@H]2CCO)cc1. The maximum atomic E-state index is 11.2. The summed E-state index contributed by atoms with van der Waals surface area (Å²) in [6.07, 6.45) is 2.66. The van der Waals surface area contributed by atoms with Crippen molar-refractivity contribution in [2.24, 2.45) is 11.8 Å². The van der Waals surface area contributed by atoms with E-state index in [1.54, 1.807) is 7.11 Å². The molecular formula is C27H37NO4. The highest BCUT2D eigenvalue weighted by Crippen LogP contribution is 2.47. The summed E-state index contributed by atoms with van der Waals surface area (Å²) in [4.78, 5) is 11.2. The molecule has 0 aromatic heterocycles. The molecule has 1 fully saturated rings. The summed E-state index contributed by atoms with van der Waals surface area (Å²) in [5.74, 6) is 1.46. The molecule has 0 spiro atoms. The summed E-state index contributed by atoms with van der Waals surface area (Å²) in [7, 11) is 1.68. The number of aryl methyl sites for hydroxylation is 1. The van der Waals surface area contributed by atoms with Gasteiger partial charge in [-0.1, -0.05) is 45.0 Å². The Balaban J connectivity index is 1.71. The Morgan fingerprint density at radius 2 is 1.72 bits per heavy atom. The first-order valence-electron chi connectivity index (χ1n) is 11.5. The first kappa shape index (κ1) is 24.3. The predicted molar refractivity (Wildman–Crippen MR) is 128 cm³/mol. The monoisotopic (exact) mass is 439 g/mol. The first-order chi connectivity index (χ1) is 15.3. The van der Waals surface area contributed by atoms with Crippen LogP contribution in [0.1, 0.15) is 51.7 Å². The van der Waals surface area contributed by atoms with Crippen molar-refractivity contribution in [2.45, 2.75) is 64.6 Å². The van der Waals surface area contributed by atoms with E-state index in [1.165, 1.54) is 18.1 Å². The lowest BCUT2D eigenvalue weighted by Gasteiger charge is -2.38. The quantitative estimate of drug-likeness (QED) is 0.579. The largest absolute Gasteiger partial charge is 0.497 e. The molecule has 2 aromatic carbocycles. The molecule has 1 heterocycles. The minimum atomic E-state index is -0.0969. The number of carbonyl (C=O) groups excluding carboxylic acids is 1. The molecule has 0 bridgehead atoms. The molecule has 2 N–H and O–H groups in total. The smallest absolute Gasteiger partial charge is 0.221 e. The van der Waals surface area contributed by atoms with Gasteiger partial charge < -0.3 is 19.9 Å². The predicted octanol–water partition coefficient (Wildman–Crippen LogP) is 4.97. The van der Waals surface area contributed by atoms with Gasteiger partial charge in [0.1, 0.15) is 5.75 Å². The summed E-state index contributed by atoms with van der Waals surface area (Å²) >= 11 is 0. The van der Waals surface area contributed by atoms with E-state index in [-0.39, 0.29) is 30.1 Å². The topological polar surface area (TPSA) is 67.8 Å². The lowest BCUT2D eigenvalue weighted by atomic mass is 9.65. The number of aliphatic hydroxyl groups is 1. The highest BCUT2D eigenvalue weighted by molar-refractivity contribution is 5.88. The van der Waals surface area contributed by atoms with Gasteiger partial charge in [0.2, 0.25) is 5.91 Å². The molecule has 0 radical (unpaired) electrons. The minimum Gasteiger partial charge on any atom is -0.497 e. The second kappa shape index (κ2) is 10.5. The van der Waals surface area contributed by atoms with Crippen molar-refractivity contribution >= 4 is 11.6 Å². The van der Waals surface area contributed by atoms with Crippen molar-refractivity contribution in [2.75, 3.05) is 19.0 Å². The highest BCUT2D eigenvalue weighted by atomic mass is 16.5. The molecule has 0 aliphatic carbocycles. The normalized spacial score (nSPS) is 23.2. The lowest BCUT2D eigenvalue weighted by molar-refractivity contribution is -0.114. The average molecular weight is 440 g/mol. The van der Waals surface area contributed by atoms with Crippen LogP contribution < -0.4 is 10.1 Å². The van der Waals surface area contributed by atoms with Crippen LogP contribution in [0, 0.1) is 11.8 Å². The number of anilines is 1. The van der Waals surface area contributed by atoms with Crippen LogP contribution in [0.15, 0.2) is 48.5 Å². The number of aliphatic hydroxyl groups excluding tert-OH is 1. The fourth-order valence-electron chi connectivity index (χ4n) is 5.31. The van der Waals surface area contributed by atoms with Crippen LogP contribution in [0.5, 0.6) is 5.75 Å². The Labute approximate surface area is 192 Å². The van der Waals surface area contributed by atoms with E-state index in [9.17, 15) is 9.90 Å². The molecule has 5 nitrogen and oxygen atoms in total. The van der Waals surface area contributed by atoms with Crippen LogP contribution >= 0.6 is 0 Å². The zero-order valence-corrected chi connectivity index (χ0v) is 19.9. The molecule has 0 unspecified atom stereocenters. The van der Waals surface area contributed by atoms with Gasteiger partial charge >= 0.3 is 0 Å². The van der Waals surface area contributed by atoms with Crippen molar-refractivity contribution in [3.05, 3.63) is 59.7 Å². The van der Waals surface area contributed by atoms with Gasteiger partial charge in [-0.3, -0.25) is 4.79 Å². The van der Waals surface area contributed by atoms with Crippen molar-refractivity contribution in [1.29, 1.82) is 0 Å². The molecule has 5 heteroatoms. The average Bonchev–Trinajstić information content (AvgIpc) is 3.08. The van der Waals surface area contributed by atoms with Crippen molar-refractivity contribution in [3.8, 4) is 5.75 Å². The second-order valence-corrected chi connectivity index (χ2v) is 9.48. The summed E-state index contributed by atoms with van der Waals surface area (Å²) < 4.78 is 11.9. The molecular weight excluding hydrogens is 402 g/mol. The Bertz CT molecular complexity index is 876. The van der Waals surface area contributed by atoms with E-state index in [1.807, 2.05) is 24.3 Å². The Hall–Kier alpha value is -2.37. The summed E-state index contributed by atoms with van der Waals surface area (Å²) in [5.41, 5.74) is 3.21. The van der Waals surface area contributed by atoms with Crippen LogP contribution in [0.2, 0.25) is 0 Å². The third-order valence-electron chi connectivity index (χ3n) is 6.98. The van der Waals surface area contributed by atoms with Gasteiger partial charge in [-0.25, -0.2) is 0 Å². The van der Waals surface area contributed by atoms with Gasteiger partial charge in [0, 0.05) is 19.2 Å². The summed E-state index contributed by atoms with van der Waals surface area (Å²) in [6, 6.07) is 16.3. The molecule has 0 saturated carbocycles.